The van der Waals surface area contributed by atoms with Crippen LogP contribution in [0.15, 0.2) is 24.3 Å². The molecule has 1 aliphatic rings. The number of nitro groups is 1. The van der Waals surface area contributed by atoms with Crippen LogP contribution in [0.25, 0.3) is 0 Å². The Morgan fingerprint density at radius 1 is 1.34 bits per heavy atom. The lowest BCUT2D eigenvalue weighted by molar-refractivity contribution is -0.384. The van der Waals surface area contributed by atoms with E-state index in [0.29, 0.717) is 43.2 Å². The van der Waals surface area contributed by atoms with Gasteiger partial charge < -0.3 is 10.2 Å². The summed E-state index contributed by atoms with van der Waals surface area (Å²) in [7, 11) is 0. The summed E-state index contributed by atoms with van der Waals surface area (Å²) in [6.07, 6.45) is 1.73. The zero-order valence-corrected chi connectivity index (χ0v) is 16.6. The Bertz CT molecular complexity index is 906. The minimum atomic E-state index is -0.468. The maximum absolute atomic E-state index is 12.7. The lowest BCUT2D eigenvalue weighted by atomic mass is 10.0. The van der Waals surface area contributed by atoms with Crippen molar-refractivity contribution in [2.45, 2.75) is 39.7 Å². The summed E-state index contributed by atoms with van der Waals surface area (Å²) in [5.74, 6) is 0.0672. The number of amides is 2. The zero-order valence-electron chi connectivity index (χ0n) is 16.6. The van der Waals surface area contributed by atoms with Crippen LogP contribution in [0.5, 0.6) is 0 Å². The molecular weight excluding hydrogens is 374 g/mol. The van der Waals surface area contributed by atoms with Crippen LogP contribution in [-0.2, 0) is 24.2 Å². The van der Waals surface area contributed by atoms with E-state index >= 15 is 0 Å². The molecule has 0 radical (unpaired) electrons. The van der Waals surface area contributed by atoms with Gasteiger partial charge in [-0.25, -0.2) is 0 Å². The van der Waals surface area contributed by atoms with E-state index in [4.69, 9.17) is 0 Å². The van der Waals surface area contributed by atoms with Crippen LogP contribution in [0.1, 0.15) is 47.6 Å². The third kappa shape index (κ3) is 4.79. The molecule has 1 aliphatic heterocycles. The average Bonchev–Trinajstić information content (AvgIpc) is 3.15. The van der Waals surface area contributed by atoms with Crippen molar-refractivity contribution >= 4 is 17.5 Å². The highest BCUT2D eigenvalue weighted by molar-refractivity contribution is 5.94. The standard InChI is InChI=1S/C20H25N5O4/c1-3-13(2)11-21-20(27)19-16-12-24(9-8-17(16)22-23-19)18(26)10-14-4-6-15(7-5-14)25(28)29/h4-7,13H,3,8-12H2,1-2H3,(H,21,27)(H,22,23)/t13-/m0/s1. The van der Waals surface area contributed by atoms with Gasteiger partial charge in [-0.05, 0) is 11.5 Å². The Morgan fingerprint density at radius 3 is 2.72 bits per heavy atom. The Labute approximate surface area is 168 Å². The van der Waals surface area contributed by atoms with Crippen LogP contribution >= 0.6 is 0 Å². The fourth-order valence-electron chi connectivity index (χ4n) is 3.21. The highest BCUT2D eigenvalue weighted by Gasteiger charge is 2.27. The first-order valence-electron chi connectivity index (χ1n) is 9.74. The topological polar surface area (TPSA) is 121 Å². The molecule has 1 atom stereocenters. The first kappa shape index (κ1) is 20.5. The quantitative estimate of drug-likeness (QED) is 0.546. The van der Waals surface area contributed by atoms with Gasteiger partial charge in [0.2, 0.25) is 5.91 Å². The molecule has 2 N–H and O–H groups in total. The Morgan fingerprint density at radius 2 is 2.07 bits per heavy atom. The fourth-order valence-corrected chi connectivity index (χ4v) is 3.21. The number of fused-ring (bicyclic) bond motifs is 1. The number of benzene rings is 1. The summed E-state index contributed by atoms with van der Waals surface area (Å²) >= 11 is 0. The van der Waals surface area contributed by atoms with Crippen LogP contribution in [0.3, 0.4) is 0 Å². The van der Waals surface area contributed by atoms with E-state index in [0.717, 1.165) is 17.7 Å². The smallest absolute Gasteiger partial charge is 0.272 e. The van der Waals surface area contributed by atoms with E-state index in [1.807, 2.05) is 0 Å². The zero-order chi connectivity index (χ0) is 21.0. The van der Waals surface area contributed by atoms with Crippen LogP contribution in [0.4, 0.5) is 5.69 Å². The highest BCUT2D eigenvalue weighted by Crippen LogP contribution is 2.22. The van der Waals surface area contributed by atoms with E-state index in [9.17, 15) is 19.7 Å². The van der Waals surface area contributed by atoms with Crippen molar-refractivity contribution in [1.82, 2.24) is 20.4 Å². The van der Waals surface area contributed by atoms with E-state index in [1.54, 1.807) is 17.0 Å². The minimum absolute atomic E-state index is 0.00439. The summed E-state index contributed by atoms with van der Waals surface area (Å²) in [4.78, 5) is 37.2. The lowest BCUT2D eigenvalue weighted by Crippen LogP contribution is -2.38. The summed E-state index contributed by atoms with van der Waals surface area (Å²) in [5, 5.41) is 20.7. The third-order valence-electron chi connectivity index (χ3n) is 5.31. The van der Waals surface area contributed by atoms with Gasteiger partial charge in [0.15, 0.2) is 5.69 Å². The fraction of sp³-hybridized carbons (Fsp3) is 0.450. The molecule has 2 heterocycles. The van der Waals surface area contributed by atoms with Crippen LogP contribution in [0, 0.1) is 16.0 Å². The molecule has 0 fully saturated rings. The monoisotopic (exact) mass is 399 g/mol. The average molecular weight is 399 g/mol. The SMILES string of the molecule is CC[C@H](C)CNC(=O)c1n[nH]c2c1CN(C(=O)Cc1ccc([N+](=O)[O-])cc1)CC2. The summed E-state index contributed by atoms with van der Waals surface area (Å²) in [6.45, 7) is 5.58. The number of H-pyrrole nitrogens is 1. The minimum Gasteiger partial charge on any atom is -0.350 e. The number of aromatic amines is 1. The molecule has 0 saturated carbocycles. The number of hydrogen-bond donors (Lipinski definition) is 2. The second kappa shape index (κ2) is 8.85. The molecule has 2 aromatic rings. The van der Waals surface area contributed by atoms with Gasteiger partial charge in [0, 0.05) is 49.4 Å². The number of non-ortho nitro benzene ring substituents is 1. The summed E-state index contributed by atoms with van der Waals surface area (Å²) < 4.78 is 0. The van der Waals surface area contributed by atoms with Gasteiger partial charge in [0.1, 0.15) is 0 Å². The molecule has 0 aliphatic carbocycles. The van der Waals surface area contributed by atoms with Gasteiger partial charge in [0.05, 0.1) is 11.3 Å². The Balaban J connectivity index is 1.65. The number of nitrogens with zero attached hydrogens (tertiary/aromatic N) is 3. The third-order valence-corrected chi connectivity index (χ3v) is 5.31. The van der Waals surface area contributed by atoms with Crippen LogP contribution < -0.4 is 5.32 Å². The van der Waals surface area contributed by atoms with E-state index in [-0.39, 0.29) is 23.9 Å². The number of hydrogen-bond acceptors (Lipinski definition) is 5. The van der Waals surface area contributed by atoms with Gasteiger partial charge in [-0.15, -0.1) is 0 Å². The molecule has 1 aromatic carbocycles. The van der Waals surface area contributed by atoms with Gasteiger partial charge in [-0.2, -0.15) is 5.10 Å². The van der Waals surface area contributed by atoms with E-state index < -0.39 is 4.92 Å². The molecule has 9 nitrogen and oxygen atoms in total. The summed E-state index contributed by atoms with van der Waals surface area (Å²) in [5.41, 5.74) is 2.70. The molecule has 154 valence electrons. The number of carbonyl (C=O) groups excluding carboxylic acids is 2. The van der Waals surface area contributed by atoms with Crippen LogP contribution in [-0.4, -0.2) is 44.9 Å². The van der Waals surface area contributed by atoms with Gasteiger partial charge in [-0.1, -0.05) is 32.4 Å². The molecule has 0 unspecified atom stereocenters. The van der Waals surface area contributed by atoms with Crippen molar-refractivity contribution in [2.75, 3.05) is 13.1 Å². The predicted molar refractivity (Wildman–Crippen MR) is 106 cm³/mol. The van der Waals surface area contributed by atoms with Crippen molar-refractivity contribution in [3.05, 3.63) is 56.9 Å². The number of nitro benzene ring substituents is 1. The predicted octanol–water partition coefficient (Wildman–Crippen LogP) is 2.22. The van der Waals surface area contributed by atoms with Gasteiger partial charge in [-0.3, -0.25) is 24.8 Å². The van der Waals surface area contributed by atoms with Crippen molar-refractivity contribution in [2.24, 2.45) is 5.92 Å². The molecule has 0 saturated heterocycles. The molecule has 0 spiro atoms. The molecule has 9 heteroatoms. The Kier molecular flexibility index (Phi) is 6.26. The van der Waals surface area contributed by atoms with E-state index in [1.165, 1.54) is 12.1 Å². The molecular formula is C20H25N5O4. The molecule has 29 heavy (non-hydrogen) atoms. The Hall–Kier alpha value is -3.23. The number of carbonyl (C=O) groups is 2. The highest BCUT2D eigenvalue weighted by atomic mass is 16.6. The first-order chi connectivity index (χ1) is 13.9. The van der Waals surface area contributed by atoms with Crippen molar-refractivity contribution < 1.29 is 14.5 Å². The van der Waals surface area contributed by atoms with Crippen molar-refractivity contribution in [3.63, 3.8) is 0 Å². The molecule has 2 amide bonds. The second-order valence-electron chi connectivity index (χ2n) is 7.42. The molecule has 3 rings (SSSR count). The maximum atomic E-state index is 12.7. The van der Waals surface area contributed by atoms with Gasteiger partial charge in [0.25, 0.3) is 11.6 Å². The number of rotatable bonds is 7. The van der Waals surface area contributed by atoms with Crippen molar-refractivity contribution in [1.29, 1.82) is 0 Å². The van der Waals surface area contributed by atoms with E-state index in [2.05, 4.69) is 29.4 Å². The second-order valence-corrected chi connectivity index (χ2v) is 7.42. The number of nitrogens with one attached hydrogen (secondary N) is 2. The maximum Gasteiger partial charge on any atom is 0.272 e. The largest absolute Gasteiger partial charge is 0.350 e. The lowest BCUT2D eigenvalue weighted by Gasteiger charge is -2.27. The van der Waals surface area contributed by atoms with Crippen molar-refractivity contribution in [3.8, 4) is 0 Å². The van der Waals surface area contributed by atoms with Crippen LogP contribution in [0.2, 0.25) is 0 Å². The normalized spacial score (nSPS) is 14.2. The van der Waals surface area contributed by atoms with Gasteiger partial charge >= 0.3 is 0 Å². The summed E-state index contributed by atoms with van der Waals surface area (Å²) in [6, 6.07) is 5.98. The molecule has 1 aromatic heterocycles. The first-order valence-corrected chi connectivity index (χ1v) is 9.74. The molecule has 0 bridgehead atoms. The number of aromatic nitrogens is 2.